The largest absolute Gasteiger partial charge is 0.508 e. The summed E-state index contributed by atoms with van der Waals surface area (Å²) in [6.45, 7) is 2.77. The zero-order valence-electron chi connectivity index (χ0n) is 15.3. The zero-order valence-corrected chi connectivity index (χ0v) is 15.3. The summed E-state index contributed by atoms with van der Waals surface area (Å²) in [6.07, 6.45) is 2.84. The Morgan fingerprint density at radius 1 is 0.926 bits per heavy atom. The van der Waals surface area contributed by atoms with Gasteiger partial charge in [0.1, 0.15) is 5.75 Å². The number of hydrogen-bond acceptors (Lipinski definition) is 2. The van der Waals surface area contributed by atoms with Crippen LogP contribution in [0, 0.1) is 0 Å². The number of phenols is 1. The molecule has 0 bridgehead atoms. The molecule has 0 aliphatic carbocycles. The predicted octanol–water partition coefficient (Wildman–Crippen LogP) is 5.59. The Hall–Kier alpha value is -3.33. The topological polar surface area (TPSA) is 48.4 Å². The van der Waals surface area contributed by atoms with Gasteiger partial charge in [-0.1, -0.05) is 54.6 Å². The summed E-state index contributed by atoms with van der Waals surface area (Å²) in [7, 11) is 0. The van der Waals surface area contributed by atoms with E-state index in [1.807, 2.05) is 18.3 Å². The van der Waals surface area contributed by atoms with Crippen molar-refractivity contribution in [1.29, 1.82) is 0 Å². The average molecular weight is 354 g/mol. The fourth-order valence-electron chi connectivity index (χ4n) is 3.34. The highest BCUT2D eigenvalue weighted by molar-refractivity contribution is 5.99. The summed E-state index contributed by atoms with van der Waals surface area (Å²) in [5, 5.41) is 10.8. The first kappa shape index (κ1) is 17.1. The lowest BCUT2D eigenvalue weighted by molar-refractivity contribution is 0.476. The highest BCUT2D eigenvalue weighted by Crippen LogP contribution is 2.23. The van der Waals surface area contributed by atoms with Crippen LogP contribution < -0.4 is 0 Å². The first-order chi connectivity index (χ1) is 13.2. The van der Waals surface area contributed by atoms with Gasteiger partial charge in [-0.15, -0.1) is 0 Å². The molecule has 134 valence electrons. The molecule has 0 unspecified atom stereocenters. The lowest BCUT2D eigenvalue weighted by Crippen LogP contribution is -1.98. The van der Waals surface area contributed by atoms with Gasteiger partial charge in [0.2, 0.25) is 0 Å². The fraction of sp³-hybridized carbons (Fsp3) is 0.125. The van der Waals surface area contributed by atoms with Gasteiger partial charge in [-0.05, 0) is 53.8 Å². The van der Waals surface area contributed by atoms with E-state index in [1.54, 1.807) is 12.1 Å². The van der Waals surface area contributed by atoms with E-state index in [4.69, 9.17) is 4.99 Å². The molecule has 1 heterocycles. The molecule has 0 saturated carbocycles. The number of rotatable bonds is 5. The Morgan fingerprint density at radius 2 is 1.67 bits per heavy atom. The molecule has 3 nitrogen and oxygen atoms in total. The third kappa shape index (κ3) is 3.77. The van der Waals surface area contributed by atoms with Crippen LogP contribution in [-0.4, -0.2) is 22.3 Å². The summed E-state index contributed by atoms with van der Waals surface area (Å²) in [5.74, 6) is 0.293. The standard InChI is InChI=1S/C24H22N2O/c1-17(18-7-9-20(10-8-18)19-5-3-2-4-6-19)25-14-13-21-16-26-24-12-11-22(27)15-23(21)24/h2-12,15-16,26-27H,13-14H2,1H3. The van der Waals surface area contributed by atoms with Crippen molar-refractivity contribution in [1.82, 2.24) is 4.98 Å². The van der Waals surface area contributed by atoms with Crippen LogP contribution in [0.25, 0.3) is 22.0 Å². The van der Waals surface area contributed by atoms with Crippen molar-refractivity contribution in [2.45, 2.75) is 13.3 Å². The number of benzene rings is 3. The highest BCUT2D eigenvalue weighted by Gasteiger charge is 2.05. The molecule has 2 N–H and O–H groups in total. The summed E-state index contributed by atoms with van der Waals surface area (Å²) < 4.78 is 0. The summed E-state index contributed by atoms with van der Waals surface area (Å²) in [6, 6.07) is 24.3. The summed E-state index contributed by atoms with van der Waals surface area (Å²) in [4.78, 5) is 7.99. The maximum atomic E-state index is 9.70. The van der Waals surface area contributed by atoms with Crippen molar-refractivity contribution in [3.63, 3.8) is 0 Å². The number of nitrogens with one attached hydrogen (secondary N) is 1. The minimum absolute atomic E-state index is 0.293. The third-order valence-electron chi connectivity index (χ3n) is 4.89. The van der Waals surface area contributed by atoms with Crippen molar-refractivity contribution in [2.75, 3.05) is 6.54 Å². The van der Waals surface area contributed by atoms with E-state index in [2.05, 4.69) is 60.4 Å². The van der Waals surface area contributed by atoms with E-state index in [1.165, 1.54) is 16.7 Å². The van der Waals surface area contributed by atoms with Crippen molar-refractivity contribution < 1.29 is 5.11 Å². The number of aromatic amines is 1. The number of phenolic OH excluding ortho intramolecular Hbond substituents is 1. The molecule has 0 aliphatic rings. The Balaban J connectivity index is 1.45. The van der Waals surface area contributed by atoms with E-state index in [9.17, 15) is 5.11 Å². The third-order valence-corrected chi connectivity index (χ3v) is 4.89. The molecule has 3 aromatic carbocycles. The number of aromatic hydroxyl groups is 1. The van der Waals surface area contributed by atoms with Crippen LogP contribution in [0.15, 0.2) is 84.0 Å². The number of fused-ring (bicyclic) bond motifs is 1. The molecule has 1 aromatic heterocycles. The van der Waals surface area contributed by atoms with Crippen LogP contribution >= 0.6 is 0 Å². The molecule has 27 heavy (non-hydrogen) atoms. The zero-order chi connectivity index (χ0) is 18.6. The minimum Gasteiger partial charge on any atom is -0.508 e. The van der Waals surface area contributed by atoms with Gasteiger partial charge in [0, 0.05) is 29.4 Å². The van der Waals surface area contributed by atoms with E-state index in [-0.39, 0.29) is 0 Å². The number of aromatic nitrogens is 1. The smallest absolute Gasteiger partial charge is 0.116 e. The Bertz CT molecular complexity index is 1080. The van der Waals surface area contributed by atoms with Crippen molar-refractivity contribution >= 4 is 16.6 Å². The second-order valence-electron chi connectivity index (χ2n) is 6.70. The monoisotopic (exact) mass is 354 g/mol. The first-order valence-corrected chi connectivity index (χ1v) is 9.16. The molecule has 4 aromatic rings. The molecule has 0 amide bonds. The van der Waals surface area contributed by atoms with E-state index in [0.717, 1.165) is 35.1 Å². The molecular formula is C24H22N2O. The number of aliphatic imine (C=N–C) groups is 1. The van der Waals surface area contributed by atoms with Crippen LogP contribution in [0.2, 0.25) is 0 Å². The molecule has 0 fully saturated rings. The minimum atomic E-state index is 0.293. The highest BCUT2D eigenvalue weighted by atomic mass is 16.3. The molecule has 0 saturated heterocycles. The fourth-order valence-corrected chi connectivity index (χ4v) is 3.34. The molecular weight excluding hydrogens is 332 g/mol. The Kier molecular flexibility index (Phi) is 4.75. The van der Waals surface area contributed by atoms with Gasteiger partial charge in [0.15, 0.2) is 0 Å². The molecule has 0 spiro atoms. The molecule has 0 atom stereocenters. The lowest BCUT2D eigenvalue weighted by Gasteiger charge is -2.05. The average Bonchev–Trinajstić information content (AvgIpc) is 3.11. The van der Waals surface area contributed by atoms with Crippen LogP contribution in [-0.2, 0) is 6.42 Å². The summed E-state index contributed by atoms with van der Waals surface area (Å²) >= 11 is 0. The van der Waals surface area contributed by atoms with Gasteiger partial charge in [-0.3, -0.25) is 4.99 Å². The molecule has 0 aliphatic heterocycles. The first-order valence-electron chi connectivity index (χ1n) is 9.16. The maximum absolute atomic E-state index is 9.70. The van der Waals surface area contributed by atoms with Gasteiger partial charge in [-0.2, -0.15) is 0 Å². The molecule has 4 rings (SSSR count). The van der Waals surface area contributed by atoms with Crippen LogP contribution in [0.3, 0.4) is 0 Å². The second-order valence-corrected chi connectivity index (χ2v) is 6.70. The van der Waals surface area contributed by atoms with Crippen LogP contribution in [0.5, 0.6) is 5.75 Å². The van der Waals surface area contributed by atoms with Gasteiger partial charge in [0.25, 0.3) is 0 Å². The van der Waals surface area contributed by atoms with Gasteiger partial charge in [0.05, 0.1) is 0 Å². The maximum Gasteiger partial charge on any atom is 0.116 e. The Morgan fingerprint density at radius 3 is 2.44 bits per heavy atom. The van der Waals surface area contributed by atoms with Crippen LogP contribution in [0.1, 0.15) is 18.1 Å². The number of H-pyrrole nitrogens is 1. The molecule has 0 radical (unpaired) electrons. The normalized spacial score (nSPS) is 11.8. The van der Waals surface area contributed by atoms with Crippen molar-refractivity contribution in [3.8, 4) is 16.9 Å². The quantitative estimate of drug-likeness (QED) is 0.451. The van der Waals surface area contributed by atoms with E-state index < -0.39 is 0 Å². The second kappa shape index (κ2) is 7.50. The van der Waals surface area contributed by atoms with E-state index >= 15 is 0 Å². The van der Waals surface area contributed by atoms with Gasteiger partial charge < -0.3 is 10.1 Å². The van der Waals surface area contributed by atoms with Gasteiger partial charge in [-0.25, -0.2) is 0 Å². The van der Waals surface area contributed by atoms with Crippen LogP contribution in [0.4, 0.5) is 0 Å². The SMILES string of the molecule is CC(=NCCc1c[nH]c2ccc(O)cc12)c1ccc(-c2ccccc2)cc1. The van der Waals surface area contributed by atoms with Gasteiger partial charge >= 0.3 is 0 Å². The predicted molar refractivity (Wildman–Crippen MR) is 113 cm³/mol. The van der Waals surface area contributed by atoms with Crippen molar-refractivity contribution in [3.05, 3.63) is 90.1 Å². The number of hydrogen-bond donors (Lipinski definition) is 2. The lowest BCUT2D eigenvalue weighted by atomic mass is 10.0. The molecule has 3 heteroatoms. The Labute approximate surface area is 159 Å². The van der Waals surface area contributed by atoms with E-state index in [0.29, 0.717) is 5.75 Å². The van der Waals surface area contributed by atoms with Crippen molar-refractivity contribution in [2.24, 2.45) is 4.99 Å². The number of nitrogens with zero attached hydrogens (tertiary/aromatic N) is 1. The summed E-state index contributed by atoms with van der Waals surface area (Å²) in [5.41, 5.74) is 6.84.